The average Bonchev–Trinajstić information content (AvgIpc) is 2.80. The van der Waals surface area contributed by atoms with Crippen LogP contribution in [-0.4, -0.2) is 19.9 Å². The lowest BCUT2D eigenvalue weighted by atomic mass is 10.0. The van der Waals surface area contributed by atoms with Crippen LogP contribution in [0.3, 0.4) is 0 Å². The lowest BCUT2D eigenvalue weighted by Gasteiger charge is -2.15. The number of halogens is 1. The molecule has 0 aliphatic heterocycles. The first kappa shape index (κ1) is 14.0. The van der Waals surface area contributed by atoms with Crippen molar-refractivity contribution in [1.82, 2.24) is 14.8 Å². The van der Waals surface area contributed by atoms with Crippen LogP contribution >= 0.6 is 15.9 Å². The zero-order valence-corrected chi connectivity index (χ0v) is 12.5. The summed E-state index contributed by atoms with van der Waals surface area (Å²) < 4.78 is 2.69. The van der Waals surface area contributed by atoms with Gasteiger partial charge >= 0.3 is 0 Å². The molecule has 0 amide bonds. The largest absolute Gasteiger partial charge is 0.398 e. The number of aliphatic hydroxyl groups excluding tert-OH is 1. The van der Waals surface area contributed by atoms with E-state index in [2.05, 4.69) is 26.0 Å². The quantitative estimate of drug-likeness (QED) is 0.847. The Balaban J connectivity index is 2.23. The molecule has 0 bridgehead atoms. The van der Waals surface area contributed by atoms with Crippen molar-refractivity contribution < 1.29 is 5.11 Å². The van der Waals surface area contributed by atoms with Crippen LogP contribution in [0.25, 0.3) is 0 Å². The highest BCUT2D eigenvalue weighted by Gasteiger charge is 2.17. The minimum Gasteiger partial charge on any atom is -0.398 e. The molecule has 2 aromatic rings. The summed E-state index contributed by atoms with van der Waals surface area (Å²) >= 11 is 3.38. The third kappa shape index (κ3) is 3.13. The van der Waals surface area contributed by atoms with Crippen molar-refractivity contribution in [2.24, 2.45) is 0 Å². The predicted octanol–water partition coefficient (Wildman–Crippen LogP) is 2.48. The SMILES string of the molecule is CC(C)n1ncnc1CC(O)c1cc(Br)ccc1N. The van der Waals surface area contributed by atoms with E-state index in [1.165, 1.54) is 6.33 Å². The van der Waals surface area contributed by atoms with Gasteiger partial charge < -0.3 is 10.8 Å². The first-order valence-electron chi connectivity index (χ1n) is 6.10. The molecule has 102 valence electrons. The van der Waals surface area contributed by atoms with E-state index >= 15 is 0 Å². The summed E-state index contributed by atoms with van der Waals surface area (Å²) in [5.41, 5.74) is 7.17. The number of aromatic nitrogens is 3. The number of benzene rings is 1. The van der Waals surface area contributed by atoms with Crippen LogP contribution in [0, 0.1) is 0 Å². The summed E-state index contributed by atoms with van der Waals surface area (Å²) in [6, 6.07) is 5.66. The Morgan fingerprint density at radius 1 is 1.42 bits per heavy atom. The second-order valence-electron chi connectivity index (χ2n) is 4.71. The summed E-state index contributed by atoms with van der Waals surface area (Å²) in [5, 5.41) is 14.5. The number of hydrogen-bond donors (Lipinski definition) is 2. The van der Waals surface area contributed by atoms with Crippen LogP contribution in [0.15, 0.2) is 29.0 Å². The van der Waals surface area contributed by atoms with Crippen molar-refractivity contribution in [2.45, 2.75) is 32.4 Å². The summed E-state index contributed by atoms with van der Waals surface area (Å²) in [5.74, 6) is 0.752. The van der Waals surface area contributed by atoms with Crippen LogP contribution in [-0.2, 0) is 6.42 Å². The normalized spacial score (nSPS) is 12.9. The molecule has 1 unspecified atom stereocenters. The van der Waals surface area contributed by atoms with E-state index in [-0.39, 0.29) is 6.04 Å². The third-order valence-corrected chi connectivity index (χ3v) is 3.41. The van der Waals surface area contributed by atoms with Gasteiger partial charge in [0.15, 0.2) is 0 Å². The van der Waals surface area contributed by atoms with Crippen molar-refractivity contribution >= 4 is 21.6 Å². The zero-order chi connectivity index (χ0) is 14.0. The maximum Gasteiger partial charge on any atom is 0.138 e. The number of nitrogen functional groups attached to an aromatic ring is 1. The minimum absolute atomic E-state index is 0.213. The topological polar surface area (TPSA) is 77.0 Å². The maximum atomic E-state index is 10.3. The second kappa shape index (κ2) is 5.71. The number of nitrogens with zero attached hydrogens (tertiary/aromatic N) is 3. The van der Waals surface area contributed by atoms with Crippen molar-refractivity contribution in [3.63, 3.8) is 0 Å². The van der Waals surface area contributed by atoms with Crippen LogP contribution < -0.4 is 5.73 Å². The lowest BCUT2D eigenvalue weighted by Crippen LogP contribution is -2.13. The summed E-state index contributed by atoms with van der Waals surface area (Å²) in [4.78, 5) is 4.19. The number of nitrogens with two attached hydrogens (primary N) is 1. The van der Waals surface area contributed by atoms with Crippen LogP contribution in [0.4, 0.5) is 5.69 Å². The molecule has 2 rings (SSSR count). The van der Waals surface area contributed by atoms with Gasteiger partial charge in [-0.3, -0.25) is 0 Å². The van der Waals surface area contributed by atoms with E-state index in [9.17, 15) is 5.11 Å². The van der Waals surface area contributed by atoms with Gasteiger partial charge in [0.1, 0.15) is 12.2 Å². The molecule has 0 radical (unpaired) electrons. The van der Waals surface area contributed by atoms with Gasteiger partial charge in [-0.1, -0.05) is 15.9 Å². The number of hydrogen-bond acceptors (Lipinski definition) is 4. The Kier molecular flexibility index (Phi) is 4.21. The smallest absolute Gasteiger partial charge is 0.138 e. The highest BCUT2D eigenvalue weighted by Crippen LogP contribution is 2.26. The molecule has 1 heterocycles. The van der Waals surface area contributed by atoms with Crippen molar-refractivity contribution in [2.75, 3.05) is 5.73 Å². The van der Waals surface area contributed by atoms with E-state index in [0.717, 1.165) is 10.3 Å². The van der Waals surface area contributed by atoms with E-state index < -0.39 is 6.10 Å². The van der Waals surface area contributed by atoms with Crippen LogP contribution in [0.1, 0.15) is 37.4 Å². The molecule has 0 aliphatic carbocycles. The molecular formula is C13H17BrN4O. The summed E-state index contributed by atoms with van der Waals surface area (Å²) in [7, 11) is 0. The van der Waals surface area contributed by atoms with E-state index in [1.807, 2.05) is 26.0 Å². The van der Waals surface area contributed by atoms with Gasteiger partial charge in [0.05, 0.1) is 6.10 Å². The molecule has 0 fully saturated rings. The van der Waals surface area contributed by atoms with Gasteiger partial charge in [0, 0.05) is 28.2 Å². The standard InChI is InChI=1S/C13H17BrN4O/c1-8(2)18-13(16-7-17-18)6-12(19)10-5-9(14)3-4-11(10)15/h3-5,7-8,12,19H,6,15H2,1-2H3. The molecule has 0 aliphatic rings. The van der Waals surface area contributed by atoms with E-state index in [1.54, 1.807) is 10.7 Å². The maximum absolute atomic E-state index is 10.3. The zero-order valence-electron chi connectivity index (χ0n) is 10.9. The number of aliphatic hydroxyl groups is 1. The van der Waals surface area contributed by atoms with Gasteiger partial charge in [0.25, 0.3) is 0 Å². The molecule has 1 atom stereocenters. The highest BCUT2D eigenvalue weighted by molar-refractivity contribution is 9.10. The van der Waals surface area contributed by atoms with Gasteiger partial charge in [-0.25, -0.2) is 9.67 Å². The first-order valence-corrected chi connectivity index (χ1v) is 6.89. The van der Waals surface area contributed by atoms with Gasteiger partial charge in [0.2, 0.25) is 0 Å². The van der Waals surface area contributed by atoms with E-state index in [4.69, 9.17) is 5.73 Å². The fourth-order valence-electron chi connectivity index (χ4n) is 1.97. The lowest BCUT2D eigenvalue weighted by molar-refractivity contribution is 0.174. The molecule has 1 aromatic heterocycles. The fourth-order valence-corrected chi connectivity index (χ4v) is 2.35. The third-order valence-electron chi connectivity index (χ3n) is 2.92. The minimum atomic E-state index is -0.695. The number of anilines is 1. The predicted molar refractivity (Wildman–Crippen MR) is 77.6 cm³/mol. The molecule has 3 N–H and O–H groups in total. The molecule has 19 heavy (non-hydrogen) atoms. The van der Waals surface area contributed by atoms with Crippen molar-refractivity contribution in [3.05, 3.63) is 40.4 Å². The van der Waals surface area contributed by atoms with Gasteiger partial charge in [-0.15, -0.1) is 0 Å². The molecule has 1 aromatic carbocycles. The molecule has 0 spiro atoms. The molecule has 6 heteroatoms. The summed E-state index contributed by atoms with van der Waals surface area (Å²) in [6.07, 6.45) is 1.20. The average molecular weight is 325 g/mol. The molecule has 5 nitrogen and oxygen atoms in total. The monoisotopic (exact) mass is 324 g/mol. The van der Waals surface area contributed by atoms with E-state index in [0.29, 0.717) is 17.7 Å². The fraction of sp³-hybridized carbons (Fsp3) is 0.385. The Morgan fingerprint density at radius 2 is 2.16 bits per heavy atom. The molecule has 0 saturated carbocycles. The second-order valence-corrected chi connectivity index (χ2v) is 5.62. The van der Waals surface area contributed by atoms with Gasteiger partial charge in [-0.2, -0.15) is 5.10 Å². The summed E-state index contributed by atoms with van der Waals surface area (Å²) in [6.45, 7) is 4.05. The van der Waals surface area contributed by atoms with Crippen molar-refractivity contribution in [1.29, 1.82) is 0 Å². The Hall–Kier alpha value is -1.40. The Labute approximate surface area is 120 Å². The van der Waals surface area contributed by atoms with Crippen LogP contribution in [0.5, 0.6) is 0 Å². The Bertz CT molecular complexity index is 568. The highest BCUT2D eigenvalue weighted by atomic mass is 79.9. The van der Waals surface area contributed by atoms with Crippen LogP contribution in [0.2, 0.25) is 0 Å². The first-order chi connectivity index (χ1) is 8.99. The van der Waals surface area contributed by atoms with Gasteiger partial charge in [-0.05, 0) is 32.0 Å². The van der Waals surface area contributed by atoms with Crippen molar-refractivity contribution in [3.8, 4) is 0 Å². The molecular weight excluding hydrogens is 308 g/mol. The number of rotatable bonds is 4. The Morgan fingerprint density at radius 3 is 2.84 bits per heavy atom. The molecule has 0 saturated heterocycles.